The van der Waals surface area contributed by atoms with E-state index in [-0.39, 0.29) is 16.6 Å². The van der Waals surface area contributed by atoms with Crippen LogP contribution < -0.4 is 14.9 Å². The zero-order valence-corrected chi connectivity index (χ0v) is 21.4. The Balaban J connectivity index is 2.15. The molecule has 1 amide bonds. The average Bonchev–Trinajstić information content (AvgIpc) is 2.71. The van der Waals surface area contributed by atoms with Gasteiger partial charge in [-0.2, -0.15) is 9.82 Å². The van der Waals surface area contributed by atoms with Crippen molar-refractivity contribution < 1.29 is 23.1 Å². The average molecular weight is 573 g/mol. The maximum atomic E-state index is 12.7. The van der Waals surface area contributed by atoms with Crippen LogP contribution in [0, 0.1) is 16.4 Å². The monoisotopic (exact) mass is 573 g/mol. The van der Waals surface area contributed by atoms with Crippen LogP contribution in [0.4, 0.5) is 0 Å². The number of amides is 1. The van der Waals surface area contributed by atoms with E-state index in [1.54, 1.807) is 31.2 Å². The first-order valence-electron chi connectivity index (χ1n) is 10.1. The molecule has 174 valence electrons. The molecule has 32 heavy (non-hydrogen) atoms. The highest BCUT2D eigenvalue weighted by Gasteiger charge is 2.26. The third-order valence-corrected chi connectivity index (χ3v) is 6.70. The molecule has 0 saturated carbocycles. The van der Waals surface area contributed by atoms with Gasteiger partial charge in [-0.05, 0) is 78.6 Å². The summed E-state index contributed by atoms with van der Waals surface area (Å²) in [5.74, 6) is -0.140. The number of nitrogens with one attached hydrogen (secondary N) is 2. The number of halogens is 1. The zero-order valence-electron chi connectivity index (χ0n) is 18.4. The number of rotatable bonds is 10. The first kappa shape index (κ1) is 26.1. The van der Waals surface area contributed by atoms with E-state index in [1.807, 2.05) is 43.4 Å². The summed E-state index contributed by atoms with van der Waals surface area (Å²) in [4.78, 5) is 12.8. The summed E-state index contributed by atoms with van der Waals surface area (Å²) in [6.45, 7) is 7.86. The van der Waals surface area contributed by atoms with E-state index in [0.29, 0.717) is 27.9 Å². The molecule has 3 N–H and O–H groups in total. The fourth-order valence-corrected chi connectivity index (χ4v) is 4.67. The minimum Gasteiger partial charge on any atom is -0.504 e. The summed E-state index contributed by atoms with van der Waals surface area (Å²) in [6, 6.07) is 8.70. The van der Waals surface area contributed by atoms with Crippen LogP contribution in [-0.4, -0.2) is 38.3 Å². The van der Waals surface area contributed by atoms with Gasteiger partial charge in [-0.3, -0.25) is 4.79 Å². The summed E-state index contributed by atoms with van der Waals surface area (Å²) in [5, 5.41) is 14.0. The van der Waals surface area contributed by atoms with E-state index < -0.39 is 22.0 Å². The molecule has 2 aromatic rings. The SMILES string of the molecule is CCOc1cc(/C=N\NC(=O)[C@@H](CC(C)C)NS(=O)(=O)c2ccc(C)cc2)cc(I)c1O. The fourth-order valence-electron chi connectivity index (χ4n) is 2.84. The Morgan fingerprint density at radius 2 is 1.91 bits per heavy atom. The van der Waals surface area contributed by atoms with Gasteiger partial charge in [0.25, 0.3) is 5.91 Å². The Labute approximate surface area is 202 Å². The smallest absolute Gasteiger partial charge is 0.258 e. The van der Waals surface area contributed by atoms with Crippen molar-refractivity contribution in [3.05, 3.63) is 51.1 Å². The number of aromatic hydroxyl groups is 1. The number of phenolic OH excluding ortho intramolecular Hbond substituents is 1. The number of aryl methyl sites for hydroxylation is 1. The number of sulfonamides is 1. The normalized spacial score (nSPS) is 12.8. The number of hydrazone groups is 1. The highest BCUT2D eigenvalue weighted by atomic mass is 127. The number of carbonyl (C=O) groups is 1. The van der Waals surface area contributed by atoms with Crippen molar-refractivity contribution in [2.45, 2.75) is 45.1 Å². The van der Waals surface area contributed by atoms with Crippen LogP contribution in [0.1, 0.15) is 38.3 Å². The van der Waals surface area contributed by atoms with E-state index in [2.05, 4.69) is 15.2 Å². The highest BCUT2D eigenvalue weighted by Crippen LogP contribution is 2.32. The zero-order chi connectivity index (χ0) is 23.9. The van der Waals surface area contributed by atoms with E-state index >= 15 is 0 Å². The number of nitrogens with zero attached hydrogens (tertiary/aromatic N) is 1. The van der Waals surface area contributed by atoms with Crippen LogP contribution >= 0.6 is 22.6 Å². The molecule has 1 atom stereocenters. The van der Waals surface area contributed by atoms with Crippen molar-refractivity contribution in [3.63, 3.8) is 0 Å². The van der Waals surface area contributed by atoms with Gasteiger partial charge in [-0.1, -0.05) is 31.5 Å². The van der Waals surface area contributed by atoms with Gasteiger partial charge < -0.3 is 9.84 Å². The second kappa shape index (κ2) is 11.6. The minimum atomic E-state index is -3.87. The molecule has 0 spiro atoms. The van der Waals surface area contributed by atoms with Crippen molar-refractivity contribution in [2.75, 3.05) is 6.61 Å². The molecule has 8 nitrogen and oxygen atoms in total. The highest BCUT2D eigenvalue weighted by molar-refractivity contribution is 14.1. The molecule has 2 aromatic carbocycles. The van der Waals surface area contributed by atoms with Crippen LogP contribution in [0.2, 0.25) is 0 Å². The van der Waals surface area contributed by atoms with E-state index in [4.69, 9.17) is 4.74 Å². The Morgan fingerprint density at radius 1 is 1.25 bits per heavy atom. The van der Waals surface area contributed by atoms with Crippen molar-refractivity contribution in [2.24, 2.45) is 11.0 Å². The lowest BCUT2D eigenvalue weighted by Gasteiger charge is -2.19. The summed E-state index contributed by atoms with van der Waals surface area (Å²) in [7, 11) is -3.87. The molecule has 0 unspecified atom stereocenters. The van der Waals surface area contributed by atoms with Gasteiger partial charge in [0.05, 0.1) is 21.3 Å². The van der Waals surface area contributed by atoms with Crippen LogP contribution in [0.15, 0.2) is 46.4 Å². The van der Waals surface area contributed by atoms with E-state index in [0.717, 1.165) is 5.56 Å². The number of phenols is 1. The maximum absolute atomic E-state index is 12.7. The summed E-state index contributed by atoms with van der Waals surface area (Å²) in [6.07, 6.45) is 1.71. The van der Waals surface area contributed by atoms with Crippen LogP contribution in [0.3, 0.4) is 0 Å². The van der Waals surface area contributed by atoms with Crippen molar-refractivity contribution in [1.29, 1.82) is 0 Å². The third-order valence-electron chi connectivity index (χ3n) is 4.39. The topological polar surface area (TPSA) is 117 Å². The molecule has 0 aliphatic rings. The first-order valence-corrected chi connectivity index (χ1v) is 12.7. The van der Waals surface area contributed by atoms with Crippen molar-refractivity contribution in [1.82, 2.24) is 10.1 Å². The van der Waals surface area contributed by atoms with E-state index in [9.17, 15) is 18.3 Å². The second-order valence-corrected chi connectivity index (χ2v) is 10.5. The lowest BCUT2D eigenvalue weighted by atomic mass is 10.0. The Morgan fingerprint density at radius 3 is 2.50 bits per heavy atom. The molecular formula is C22H28IN3O5S. The number of carbonyl (C=O) groups excluding carboxylic acids is 1. The molecule has 0 aliphatic carbocycles. The fraction of sp³-hybridized carbons (Fsp3) is 0.364. The predicted molar refractivity (Wildman–Crippen MR) is 132 cm³/mol. The van der Waals surface area contributed by atoms with Crippen molar-refractivity contribution >= 4 is 44.7 Å². The molecule has 10 heteroatoms. The van der Waals surface area contributed by atoms with Gasteiger partial charge in [-0.15, -0.1) is 0 Å². The van der Waals surface area contributed by atoms with Gasteiger partial charge in [0.1, 0.15) is 6.04 Å². The number of hydrogen-bond acceptors (Lipinski definition) is 6. The molecule has 0 radical (unpaired) electrons. The first-order chi connectivity index (χ1) is 15.0. The lowest BCUT2D eigenvalue weighted by Crippen LogP contribution is -2.46. The molecule has 0 bridgehead atoms. The molecule has 0 fully saturated rings. The van der Waals surface area contributed by atoms with Crippen LogP contribution in [0.5, 0.6) is 11.5 Å². The molecule has 0 saturated heterocycles. The Kier molecular flexibility index (Phi) is 9.47. The third kappa shape index (κ3) is 7.45. The van der Waals surface area contributed by atoms with Gasteiger partial charge in [0, 0.05) is 0 Å². The van der Waals surface area contributed by atoms with E-state index in [1.165, 1.54) is 18.3 Å². The predicted octanol–water partition coefficient (Wildman–Crippen LogP) is 3.55. The standard InChI is InChI=1S/C22H28IN3O5S/c1-5-31-20-12-16(11-18(23)21(20)27)13-24-25-22(28)19(10-14(2)3)26-32(29,30)17-8-6-15(4)7-9-17/h6-9,11-14,19,26-27H,5,10H2,1-4H3,(H,25,28)/b24-13-/t19-/m1/s1. The summed E-state index contributed by atoms with van der Waals surface area (Å²) >= 11 is 1.97. The molecular weight excluding hydrogens is 545 g/mol. The quantitative estimate of drug-likeness (QED) is 0.229. The largest absolute Gasteiger partial charge is 0.504 e. The molecule has 0 heterocycles. The van der Waals surface area contributed by atoms with Crippen molar-refractivity contribution in [3.8, 4) is 11.5 Å². The van der Waals surface area contributed by atoms with Gasteiger partial charge in [0.15, 0.2) is 11.5 Å². The second-order valence-electron chi connectivity index (χ2n) is 7.63. The number of benzene rings is 2. The number of hydrogen-bond donors (Lipinski definition) is 3. The molecule has 2 rings (SSSR count). The van der Waals surface area contributed by atoms with Gasteiger partial charge in [-0.25, -0.2) is 13.8 Å². The van der Waals surface area contributed by atoms with Gasteiger partial charge >= 0.3 is 0 Å². The van der Waals surface area contributed by atoms with Gasteiger partial charge in [0.2, 0.25) is 10.0 Å². The van der Waals surface area contributed by atoms with Crippen LogP contribution in [0.25, 0.3) is 0 Å². The Hall–Kier alpha value is -2.18. The van der Waals surface area contributed by atoms with Crippen LogP contribution in [-0.2, 0) is 14.8 Å². The Bertz CT molecular complexity index is 1070. The number of ether oxygens (including phenoxy) is 1. The summed E-state index contributed by atoms with van der Waals surface area (Å²) in [5.41, 5.74) is 3.95. The lowest BCUT2D eigenvalue weighted by molar-refractivity contribution is -0.123. The maximum Gasteiger partial charge on any atom is 0.258 e. The molecule has 0 aliphatic heterocycles. The minimum absolute atomic E-state index is 0.0381. The summed E-state index contributed by atoms with van der Waals surface area (Å²) < 4.78 is 33.9. The molecule has 0 aromatic heterocycles.